The molecule has 0 radical (unpaired) electrons. The summed E-state index contributed by atoms with van der Waals surface area (Å²) < 4.78 is 14.7. The van der Waals surface area contributed by atoms with E-state index in [0.717, 1.165) is 16.6 Å². The zero-order valence-corrected chi connectivity index (χ0v) is 14.7. The number of rotatable bonds is 6. The van der Waals surface area contributed by atoms with Crippen LogP contribution < -0.4 is 5.32 Å². The van der Waals surface area contributed by atoms with E-state index in [4.69, 9.17) is 23.2 Å². The first kappa shape index (κ1) is 17.0. The molecule has 7 heteroatoms. The smallest absolute Gasteiger partial charge is 0.243 e. The molecule has 1 atom stereocenters. The predicted octanol–water partition coefficient (Wildman–Crippen LogP) is 4.94. The van der Waals surface area contributed by atoms with Gasteiger partial charge in [0.1, 0.15) is 10.7 Å². The fourth-order valence-corrected chi connectivity index (χ4v) is 2.93. The number of benzene rings is 1. The molecule has 0 amide bonds. The third-order valence-electron chi connectivity index (χ3n) is 3.73. The van der Waals surface area contributed by atoms with Crippen LogP contribution in [0.5, 0.6) is 0 Å². The molecule has 3 aromatic rings. The Morgan fingerprint density at radius 2 is 2.00 bits per heavy atom. The normalized spacial score (nSPS) is 12.5. The van der Waals surface area contributed by atoms with Crippen LogP contribution in [0.1, 0.15) is 24.5 Å². The lowest BCUT2D eigenvalue weighted by Gasteiger charge is -2.08. The van der Waals surface area contributed by atoms with Crippen molar-refractivity contribution in [2.24, 2.45) is 0 Å². The fourth-order valence-electron chi connectivity index (χ4n) is 2.49. The molecule has 2 aromatic heterocycles. The molecule has 0 bridgehead atoms. The minimum Gasteiger partial charge on any atom is -0.364 e. The first-order valence-corrected chi connectivity index (χ1v) is 8.45. The van der Waals surface area contributed by atoms with E-state index in [1.807, 2.05) is 36.4 Å². The van der Waals surface area contributed by atoms with E-state index >= 15 is 0 Å². The molecular formula is C17H17Cl2FN4. The molecule has 0 fully saturated rings. The van der Waals surface area contributed by atoms with Crippen LogP contribution in [0.25, 0.3) is 5.52 Å². The number of anilines is 1. The zero-order valence-electron chi connectivity index (χ0n) is 13.1. The Morgan fingerprint density at radius 3 is 2.71 bits per heavy atom. The largest absolute Gasteiger partial charge is 0.364 e. The number of fused-ring (bicyclic) bond motifs is 1. The van der Waals surface area contributed by atoms with Gasteiger partial charge in [-0.2, -0.15) is 4.98 Å². The summed E-state index contributed by atoms with van der Waals surface area (Å²) in [5.74, 6) is 0.598. The standard InChI is InChI=1S/C17H17Cl2FN4/c1-11(20)7-8-13-9-14-16(21-10-12-5-3-2-4-6-12)22-17(19)23-24(14)15(13)18/h2-6,9,11H,7-8,10H2,1H3,(H,21,22,23). The van der Waals surface area contributed by atoms with Gasteiger partial charge >= 0.3 is 0 Å². The minimum atomic E-state index is -0.880. The summed E-state index contributed by atoms with van der Waals surface area (Å²) in [6, 6.07) is 11.8. The highest BCUT2D eigenvalue weighted by Gasteiger charge is 2.15. The van der Waals surface area contributed by atoms with Gasteiger partial charge in [0.25, 0.3) is 0 Å². The Balaban J connectivity index is 1.90. The number of halogens is 3. The zero-order chi connectivity index (χ0) is 17.1. The predicted molar refractivity (Wildman–Crippen MR) is 95.7 cm³/mol. The summed E-state index contributed by atoms with van der Waals surface area (Å²) in [4.78, 5) is 4.26. The molecule has 2 heterocycles. The quantitative estimate of drug-likeness (QED) is 0.671. The van der Waals surface area contributed by atoms with E-state index in [9.17, 15) is 4.39 Å². The van der Waals surface area contributed by atoms with Gasteiger partial charge in [-0.15, -0.1) is 5.10 Å². The van der Waals surface area contributed by atoms with Crippen molar-refractivity contribution < 1.29 is 4.39 Å². The van der Waals surface area contributed by atoms with Crippen LogP contribution in [0.3, 0.4) is 0 Å². The topological polar surface area (TPSA) is 42.2 Å². The fraction of sp³-hybridized carbons (Fsp3) is 0.294. The number of hydrogen-bond donors (Lipinski definition) is 1. The molecule has 0 aliphatic rings. The summed E-state index contributed by atoms with van der Waals surface area (Å²) in [7, 11) is 0. The number of alkyl halides is 1. The van der Waals surface area contributed by atoms with Crippen LogP contribution in [0.2, 0.25) is 10.4 Å². The highest BCUT2D eigenvalue weighted by Crippen LogP contribution is 2.27. The highest BCUT2D eigenvalue weighted by molar-refractivity contribution is 6.31. The van der Waals surface area contributed by atoms with Crippen molar-refractivity contribution in [1.82, 2.24) is 14.6 Å². The van der Waals surface area contributed by atoms with Crippen molar-refractivity contribution in [1.29, 1.82) is 0 Å². The summed E-state index contributed by atoms with van der Waals surface area (Å²) in [6.45, 7) is 2.14. The lowest BCUT2D eigenvalue weighted by atomic mass is 10.1. The van der Waals surface area contributed by atoms with Crippen LogP contribution in [0.15, 0.2) is 36.4 Å². The second-order valence-electron chi connectivity index (χ2n) is 5.65. The average molecular weight is 367 g/mol. The van der Waals surface area contributed by atoms with Gasteiger partial charge in [0.15, 0.2) is 5.82 Å². The second-order valence-corrected chi connectivity index (χ2v) is 6.34. The van der Waals surface area contributed by atoms with Crippen molar-refractivity contribution in [2.45, 2.75) is 32.5 Å². The van der Waals surface area contributed by atoms with E-state index in [2.05, 4.69) is 15.4 Å². The van der Waals surface area contributed by atoms with Gasteiger partial charge in [-0.25, -0.2) is 8.91 Å². The first-order valence-electron chi connectivity index (χ1n) is 7.70. The van der Waals surface area contributed by atoms with Crippen molar-refractivity contribution in [3.05, 3.63) is 58.0 Å². The summed E-state index contributed by atoms with van der Waals surface area (Å²) in [5.41, 5.74) is 2.68. The maximum Gasteiger partial charge on any atom is 0.243 e. The number of aromatic nitrogens is 3. The molecule has 0 spiro atoms. The first-order chi connectivity index (χ1) is 11.5. The molecule has 4 nitrogen and oxygen atoms in total. The highest BCUT2D eigenvalue weighted by atomic mass is 35.5. The molecule has 1 aromatic carbocycles. The Hall–Kier alpha value is -1.85. The molecule has 1 N–H and O–H groups in total. The van der Waals surface area contributed by atoms with E-state index in [0.29, 0.717) is 30.4 Å². The molecule has 3 rings (SSSR count). The lowest BCUT2D eigenvalue weighted by Crippen LogP contribution is -2.05. The SMILES string of the molecule is CC(F)CCc1cc2c(NCc3ccccc3)nc(Cl)nn2c1Cl. The molecule has 126 valence electrons. The lowest BCUT2D eigenvalue weighted by molar-refractivity contribution is 0.341. The Kier molecular flexibility index (Phi) is 5.21. The van der Waals surface area contributed by atoms with E-state index in [-0.39, 0.29) is 5.28 Å². The summed E-state index contributed by atoms with van der Waals surface area (Å²) in [5, 5.41) is 7.95. The third kappa shape index (κ3) is 3.79. The number of nitrogens with zero attached hydrogens (tertiary/aromatic N) is 3. The van der Waals surface area contributed by atoms with Crippen LogP contribution >= 0.6 is 23.2 Å². The second kappa shape index (κ2) is 7.36. The monoisotopic (exact) mass is 366 g/mol. The van der Waals surface area contributed by atoms with Gasteiger partial charge in [-0.1, -0.05) is 41.9 Å². The van der Waals surface area contributed by atoms with Crippen LogP contribution in [0, 0.1) is 0 Å². The van der Waals surface area contributed by atoms with Gasteiger partial charge in [0.05, 0.1) is 6.17 Å². The minimum absolute atomic E-state index is 0.0981. The van der Waals surface area contributed by atoms with Crippen molar-refractivity contribution in [3.8, 4) is 0 Å². The average Bonchev–Trinajstić information content (AvgIpc) is 2.88. The van der Waals surface area contributed by atoms with E-state index < -0.39 is 6.17 Å². The van der Waals surface area contributed by atoms with E-state index in [1.165, 1.54) is 6.92 Å². The van der Waals surface area contributed by atoms with Crippen molar-refractivity contribution >= 4 is 34.5 Å². The van der Waals surface area contributed by atoms with E-state index in [1.54, 1.807) is 4.52 Å². The number of hydrogen-bond acceptors (Lipinski definition) is 3. The molecule has 0 aliphatic heterocycles. The third-order valence-corrected chi connectivity index (χ3v) is 4.30. The van der Waals surface area contributed by atoms with Gasteiger partial charge in [0.2, 0.25) is 5.28 Å². The van der Waals surface area contributed by atoms with Gasteiger partial charge in [-0.05, 0) is 48.6 Å². The molecule has 0 saturated carbocycles. The van der Waals surface area contributed by atoms with Gasteiger partial charge < -0.3 is 5.32 Å². The van der Waals surface area contributed by atoms with Crippen LogP contribution in [0.4, 0.5) is 10.2 Å². The summed E-state index contributed by atoms with van der Waals surface area (Å²) in [6.07, 6.45) is 0.0644. The molecule has 0 aliphatic carbocycles. The molecule has 24 heavy (non-hydrogen) atoms. The maximum atomic E-state index is 13.1. The van der Waals surface area contributed by atoms with Crippen molar-refractivity contribution in [2.75, 3.05) is 5.32 Å². The Bertz CT molecular complexity index is 833. The van der Waals surface area contributed by atoms with Crippen molar-refractivity contribution in [3.63, 3.8) is 0 Å². The van der Waals surface area contributed by atoms with Crippen LogP contribution in [-0.4, -0.2) is 20.8 Å². The number of aryl methyl sites for hydroxylation is 1. The Morgan fingerprint density at radius 1 is 1.25 bits per heavy atom. The molecular weight excluding hydrogens is 350 g/mol. The van der Waals surface area contributed by atoms with Gasteiger partial charge in [-0.3, -0.25) is 0 Å². The summed E-state index contributed by atoms with van der Waals surface area (Å²) >= 11 is 12.4. The molecule has 0 saturated heterocycles. The molecule has 1 unspecified atom stereocenters. The number of nitrogens with one attached hydrogen (secondary N) is 1. The Labute approximate surface area is 149 Å². The van der Waals surface area contributed by atoms with Crippen LogP contribution in [-0.2, 0) is 13.0 Å². The maximum absolute atomic E-state index is 13.1. The van der Waals surface area contributed by atoms with Gasteiger partial charge in [0, 0.05) is 6.54 Å².